The lowest BCUT2D eigenvalue weighted by Crippen LogP contribution is -2.59. The predicted molar refractivity (Wildman–Crippen MR) is 121 cm³/mol. The van der Waals surface area contributed by atoms with E-state index in [1.54, 1.807) is 4.90 Å². The molecule has 7 nitrogen and oxygen atoms in total. The van der Waals surface area contributed by atoms with E-state index in [1.165, 1.54) is 5.56 Å². The molecule has 2 fully saturated rings. The van der Waals surface area contributed by atoms with Crippen LogP contribution in [0.25, 0.3) is 0 Å². The first-order chi connectivity index (χ1) is 16.2. The summed E-state index contributed by atoms with van der Waals surface area (Å²) in [5.74, 6) is 0.366. The molecule has 34 heavy (non-hydrogen) atoms. The van der Waals surface area contributed by atoms with Crippen LogP contribution in [0.4, 0.5) is 23.8 Å². The maximum absolute atomic E-state index is 13.0. The smallest absolute Gasteiger partial charge is 0.434 e. The number of halogens is 3. The zero-order chi connectivity index (χ0) is 24.3. The van der Waals surface area contributed by atoms with Crippen LogP contribution in [0.3, 0.4) is 0 Å². The SMILES string of the molecule is C[C@@H]1CN(c2cnc(C(F)(F)F)cn2)C[C@H](C)N1C(=O)OC1CCN(Cc2ccccc2)CC1. The van der Waals surface area contributed by atoms with Crippen molar-refractivity contribution in [1.82, 2.24) is 19.8 Å². The van der Waals surface area contributed by atoms with Crippen molar-refractivity contribution in [2.75, 3.05) is 31.1 Å². The van der Waals surface area contributed by atoms with Crippen molar-refractivity contribution in [3.63, 3.8) is 0 Å². The fraction of sp³-hybridized carbons (Fsp3) is 0.542. The number of amides is 1. The topological polar surface area (TPSA) is 61.8 Å². The normalized spacial score (nSPS) is 22.6. The second-order valence-corrected chi connectivity index (χ2v) is 9.11. The monoisotopic (exact) mass is 477 g/mol. The van der Waals surface area contributed by atoms with Gasteiger partial charge in [0, 0.05) is 32.7 Å². The highest BCUT2D eigenvalue weighted by Crippen LogP contribution is 2.28. The Hall–Kier alpha value is -2.88. The Morgan fingerprint density at radius 2 is 1.68 bits per heavy atom. The standard InChI is InChI=1S/C24H30F3N5O2/c1-17-14-31(22-13-28-21(12-29-22)24(25,26)27)15-18(2)32(17)23(33)34-20-8-10-30(11-9-20)16-19-6-4-3-5-7-19/h3-7,12-13,17-18,20H,8-11,14-16H2,1-2H3/t17-,18+. The molecule has 0 N–H and O–H groups in total. The molecular weight excluding hydrogens is 447 g/mol. The summed E-state index contributed by atoms with van der Waals surface area (Å²) in [5.41, 5.74) is 0.255. The Morgan fingerprint density at radius 3 is 2.24 bits per heavy atom. The molecule has 0 radical (unpaired) electrons. The summed E-state index contributed by atoms with van der Waals surface area (Å²) in [4.78, 5) is 26.4. The zero-order valence-electron chi connectivity index (χ0n) is 19.4. The van der Waals surface area contributed by atoms with Gasteiger partial charge in [0.15, 0.2) is 5.69 Å². The predicted octanol–water partition coefficient (Wildman–Crippen LogP) is 4.20. The third-order valence-corrected chi connectivity index (χ3v) is 6.43. The van der Waals surface area contributed by atoms with Crippen LogP contribution in [0.2, 0.25) is 0 Å². The van der Waals surface area contributed by atoms with Crippen LogP contribution in [0.5, 0.6) is 0 Å². The lowest BCUT2D eigenvalue weighted by molar-refractivity contribution is -0.141. The van der Waals surface area contributed by atoms with E-state index in [-0.39, 0.29) is 24.3 Å². The highest BCUT2D eigenvalue weighted by molar-refractivity contribution is 5.69. The molecule has 0 unspecified atom stereocenters. The van der Waals surface area contributed by atoms with Gasteiger partial charge in [-0.05, 0) is 32.3 Å². The highest BCUT2D eigenvalue weighted by atomic mass is 19.4. The number of ether oxygens (including phenoxy) is 1. The number of rotatable bonds is 4. The Bertz CT molecular complexity index is 937. The first-order valence-electron chi connectivity index (χ1n) is 11.6. The Balaban J connectivity index is 1.28. The lowest BCUT2D eigenvalue weighted by atomic mass is 10.1. The zero-order valence-corrected chi connectivity index (χ0v) is 19.4. The molecule has 3 heterocycles. The van der Waals surface area contributed by atoms with E-state index in [4.69, 9.17) is 4.74 Å². The van der Waals surface area contributed by atoms with Gasteiger partial charge in [0.2, 0.25) is 0 Å². The van der Waals surface area contributed by atoms with Gasteiger partial charge in [-0.25, -0.2) is 14.8 Å². The van der Waals surface area contributed by atoms with Crippen LogP contribution >= 0.6 is 0 Å². The van der Waals surface area contributed by atoms with Gasteiger partial charge in [0.25, 0.3) is 0 Å². The number of hydrogen-bond acceptors (Lipinski definition) is 6. The van der Waals surface area contributed by atoms with E-state index in [1.807, 2.05) is 36.9 Å². The van der Waals surface area contributed by atoms with Crippen molar-refractivity contribution in [2.24, 2.45) is 0 Å². The molecule has 4 rings (SSSR count). The molecule has 0 bridgehead atoms. The number of alkyl halides is 3. The quantitative estimate of drug-likeness (QED) is 0.658. The molecule has 1 amide bonds. The van der Waals surface area contributed by atoms with Crippen LogP contribution in [0.1, 0.15) is 37.9 Å². The summed E-state index contributed by atoms with van der Waals surface area (Å²) >= 11 is 0. The number of carbonyl (C=O) groups is 1. The summed E-state index contributed by atoms with van der Waals surface area (Å²) in [6.07, 6.45) is -1.50. The number of piperidine rings is 1. The molecular formula is C24H30F3N5O2. The molecule has 2 aromatic rings. The minimum absolute atomic E-state index is 0.113. The summed E-state index contributed by atoms with van der Waals surface area (Å²) in [6.45, 7) is 7.33. The molecule has 2 saturated heterocycles. The Kier molecular flexibility index (Phi) is 7.25. The maximum Gasteiger partial charge on any atom is 0.434 e. The van der Waals surface area contributed by atoms with E-state index in [0.29, 0.717) is 18.9 Å². The van der Waals surface area contributed by atoms with Gasteiger partial charge in [0.05, 0.1) is 24.5 Å². The van der Waals surface area contributed by atoms with E-state index in [9.17, 15) is 18.0 Å². The molecule has 0 saturated carbocycles. The minimum atomic E-state index is -4.52. The second kappa shape index (κ2) is 10.2. The number of anilines is 1. The second-order valence-electron chi connectivity index (χ2n) is 9.11. The Labute approximate surface area is 197 Å². The summed E-state index contributed by atoms with van der Waals surface area (Å²) in [7, 11) is 0. The largest absolute Gasteiger partial charge is 0.446 e. The molecule has 184 valence electrons. The Morgan fingerprint density at radius 1 is 1.03 bits per heavy atom. The van der Waals surface area contributed by atoms with Crippen molar-refractivity contribution >= 4 is 11.9 Å². The first-order valence-corrected chi connectivity index (χ1v) is 11.6. The molecule has 0 spiro atoms. The summed E-state index contributed by atoms with van der Waals surface area (Å²) in [6, 6.07) is 9.95. The van der Waals surface area contributed by atoms with E-state index < -0.39 is 11.9 Å². The average Bonchev–Trinajstić information content (AvgIpc) is 2.80. The van der Waals surface area contributed by atoms with Crippen LogP contribution in [0, 0.1) is 0 Å². The number of likely N-dealkylation sites (tertiary alicyclic amines) is 1. The lowest BCUT2D eigenvalue weighted by Gasteiger charge is -2.44. The van der Waals surface area contributed by atoms with Crippen LogP contribution in [0.15, 0.2) is 42.7 Å². The maximum atomic E-state index is 13.0. The average molecular weight is 478 g/mol. The fourth-order valence-corrected chi connectivity index (χ4v) is 4.73. The van der Waals surface area contributed by atoms with Gasteiger partial charge in [-0.3, -0.25) is 9.80 Å². The highest BCUT2D eigenvalue weighted by Gasteiger charge is 2.37. The number of hydrogen-bond donors (Lipinski definition) is 0. The van der Waals surface area contributed by atoms with Crippen molar-refractivity contribution in [3.05, 3.63) is 54.0 Å². The van der Waals surface area contributed by atoms with Gasteiger partial charge in [0.1, 0.15) is 11.9 Å². The number of piperazine rings is 1. The fourth-order valence-electron chi connectivity index (χ4n) is 4.73. The molecule has 10 heteroatoms. The van der Waals surface area contributed by atoms with Gasteiger partial charge in [-0.2, -0.15) is 13.2 Å². The summed E-state index contributed by atoms with van der Waals surface area (Å²) < 4.78 is 44.1. The number of aromatic nitrogens is 2. The molecule has 2 aliphatic heterocycles. The molecule has 1 aromatic heterocycles. The minimum Gasteiger partial charge on any atom is -0.446 e. The number of benzene rings is 1. The third kappa shape index (κ3) is 5.78. The molecule has 0 aliphatic carbocycles. The van der Waals surface area contributed by atoms with E-state index in [2.05, 4.69) is 27.0 Å². The number of nitrogens with zero attached hydrogens (tertiary/aromatic N) is 5. The van der Waals surface area contributed by atoms with Gasteiger partial charge in [-0.15, -0.1) is 0 Å². The molecule has 2 aliphatic rings. The van der Waals surface area contributed by atoms with Crippen LogP contribution in [-0.2, 0) is 17.5 Å². The van der Waals surface area contributed by atoms with Crippen LogP contribution in [-0.4, -0.2) is 70.2 Å². The summed E-state index contributed by atoms with van der Waals surface area (Å²) in [5, 5.41) is 0. The third-order valence-electron chi connectivity index (χ3n) is 6.43. The van der Waals surface area contributed by atoms with Gasteiger partial charge < -0.3 is 9.64 Å². The molecule has 1 aromatic carbocycles. The van der Waals surface area contributed by atoms with E-state index >= 15 is 0 Å². The van der Waals surface area contributed by atoms with Crippen molar-refractivity contribution < 1.29 is 22.7 Å². The van der Waals surface area contributed by atoms with Gasteiger partial charge in [-0.1, -0.05) is 30.3 Å². The van der Waals surface area contributed by atoms with Crippen molar-refractivity contribution in [2.45, 2.75) is 57.6 Å². The number of carbonyl (C=O) groups excluding carboxylic acids is 1. The molecule has 2 atom stereocenters. The van der Waals surface area contributed by atoms with Gasteiger partial charge >= 0.3 is 12.3 Å². The van der Waals surface area contributed by atoms with E-state index in [0.717, 1.165) is 44.9 Å². The van der Waals surface area contributed by atoms with Crippen molar-refractivity contribution in [3.8, 4) is 0 Å². The first kappa shape index (κ1) is 24.3. The van der Waals surface area contributed by atoms with Crippen molar-refractivity contribution in [1.29, 1.82) is 0 Å². The van der Waals surface area contributed by atoms with Crippen LogP contribution < -0.4 is 4.90 Å².